The molecule has 0 saturated carbocycles. The van der Waals surface area contributed by atoms with Gasteiger partial charge in [-0.2, -0.15) is 55.3 Å². The van der Waals surface area contributed by atoms with Gasteiger partial charge in [0.2, 0.25) is 35.3 Å². The molecule has 0 aliphatic heterocycles. The fraction of sp³-hybridized carbons (Fsp3) is 0.286. The second-order valence-corrected chi connectivity index (χ2v) is 13.8. The molecule has 22 nitrogen and oxygen atoms in total. The molecule has 2 N–H and O–H groups in total. The van der Waals surface area contributed by atoms with Crippen LogP contribution >= 0.6 is 0 Å². The van der Waals surface area contributed by atoms with Crippen molar-refractivity contribution in [2.24, 2.45) is 0 Å². The van der Waals surface area contributed by atoms with Crippen LogP contribution in [0.15, 0.2) is 46.5 Å². The first-order chi connectivity index (χ1) is 27.2. The number of ether oxygens (including phenoxy) is 6. The maximum atomic E-state index is 13.3. The average molecular weight is 869 g/mol. The van der Waals surface area contributed by atoms with Crippen LogP contribution in [0.4, 0.5) is 38.2 Å². The molecule has 30 heteroatoms. The lowest BCUT2D eigenvalue weighted by Gasteiger charge is -2.15. The second-order valence-electron chi connectivity index (χ2n) is 10.6. The minimum absolute atomic E-state index is 0.0970. The predicted octanol–water partition coefficient (Wildman–Crippen LogP) is 2.73. The van der Waals surface area contributed by atoms with E-state index in [2.05, 4.69) is 40.1 Å². The summed E-state index contributed by atoms with van der Waals surface area (Å²) < 4.78 is 166. The number of nitrogens with zero attached hydrogens (tertiary/aromatic N) is 10. The Hall–Kier alpha value is -6.72. The van der Waals surface area contributed by atoms with E-state index in [1.807, 2.05) is 9.44 Å². The quantitative estimate of drug-likeness (QED) is 0.168. The zero-order valence-corrected chi connectivity index (χ0v) is 31.7. The SMILES string of the molecule is COc1cc(OC)n2nc(NS(=O)(=O)c3c(C(F)(F)F)ccnc3OC)nc2n1.COc1cc(OC)n2nc(NS(=O)(=O)c3c(C(F)(F)F)ccnc3OC)nc2n1. The van der Waals surface area contributed by atoms with E-state index in [0.717, 1.165) is 35.6 Å². The number of halogens is 6. The fourth-order valence-corrected chi connectivity index (χ4v) is 7.22. The van der Waals surface area contributed by atoms with Gasteiger partial charge in [-0.3, -0.25) is 0 Å². The number of fused-ring (bicyclic) bond motifs is 2. The van der Waals surface area contributed by atoms with Crippen LogP contribution in [0.25, 0.3) is 11.6 Å². The number of nitrogens with one attached hydrogen (secondary N) is 2. The monoisotopic (exact) mass is 868 g/mol. The average Bonchev–Trinajstić information content (AvgIpc) is 3.77. The standard InChI is InChI=1S/2C14H13F3N6O5S/c2*1-26-8-6-9(27-2)23-13(19-8)20-12(21-23)22-29(24,25)10-7(14(15,16)17)4-5-18-11(10)28-3/h2*4-6H,1-3H3,(H,21,22). The zero-order valence-electron chi connectivity index (χ0n) is 30.1. The third-order valence-corrected chi connectivity index (χ3v) is 9.85. The second kappa shape index (κ2) is 16.0. The molecule has 312 valence electrons. The number of hydrogen-bond acceptors (Lipinski definition) is 18. The van der Waals surface area contributed by atoms with Crippen molar-refractivity contribution in [1.29, 1.82) is 0 Å². The molecule has 0 aliphatic carbocycles. The molecule has 0 bridgehead atoms. The Bertz CT molecular complexity index is 2510. The van der Waals surface area contributed by atoms with Crippen LogP contribution in [0, 0.1) is 0 Å². The van der Waals surface area contributed by atoms with Crippen LogP contribution in [0.1, 0.15) is 11.1 Å². The zero-order chi connectivity index (χ0) is 42.8. The number of hydrogen-bond donors (Lipinski definition) is 2. The summed E-state index contributed by atoms with van der Waals surface area (Å²) >= 11 is 0. The Morgan fingerprint density at radius 1 is 0.552 bits per heavy atom. The summed E-state index contributed by atoms with van der Waals surface area (Å²) in [5, 5.41) is 7.69. The van der Waals surface area contributed by atoms with Crippen molar-refractivity contribution in [3.8, 4) is 35.3 Å². The van der Waals surface area contributed by atoms with E-state index in [-0.39, 0.29) is 35.1 Å². The summed E-state index contributed by atoms with van der Waals surface area (Å²) in [5.41, 5.74) is -2.92. The van der Waals surface area contributed by atoms with Crippen LogP contribution in [0.3, 0.4) is 0 Å². The third-order valence-electron chi connectivity index (χ3n) is 7.08. The molecule has 0 spiro atoms. The van der Waals surface area contributed by atoms with Crippen LogP contribution in [-0.2, 0) is 32.4 Å². The molecule has 6 rings (SSSR count). The normalized spacial score (nSPS) is 12.1. The molecule has 0 unspecified atom stereocenters. The predicted molar refractivity (Wildman–Crippen MR) is 181 cm³/mol. The van der Waals surface area contributed by atoms with Gasteiger partial charge in [0.25, 0.3) is 43.5 Å². The topological polar surface area (TPSA) is 260 Å². The highest BCUT2D eigenvalue weighted by molar-refractivity contribution is 7.93. The molecule has 0 radical (unpaired) electrons. The Morgan fingerprint density at radius 3 is 1.21 bits per heavy atom. The van der Waals surface area contributed by atoms with Gasteiger partial charge in [-0.1, -0.05) is 0 Å². The van der Waals surface area contributed by atoms with Crippen molar-refractivity contribution in [1.82, 2.24) is 49.1 Å². The fourth-order valence-electron chi connectivity index (χ4n) is 4.69. The Balaban J connectivity index is 0.000000221. The number of pyridine rings is 2. The molecular weight excluding hydrogens is 843 g/mol. The molecule has 6 aromatic heterocycles. The Labute approximate surface area is 321 Å². The number of methoxy groups -OCH3 is 6. The summed E-state index contributed by atoms with van der Waals surface area (Å²) in [6, 6.07) is 3.74. The lowest BCUT2D eigenvalue weighted by molar-refractivity contribution is -0.140. The van der Waals surface area contributed by atoms with Crippen molar-refractivity contribution < 1.29 is 71.6 Å². The van der Waals surface area contributed by atoms with Crippen molar-refractivity contribution in [2.45, 2.75) is 22.1 Å². The molecule has 0 amide bonds. The van der Waals surface area contributed by atoms with Crippen molar-refractivity contribution in [2.75, 3.05) is 52.1 Å². The van der Waals surface area contributed by atoms with Gasteiger partial charge in [-0.25, -0.2) is 36.2 Å². The van der Waals surface area contributed by atoms with E-state index in [1.165, 1.54) is 40.6 Å². The Kier molecular flexibility index (Phi) is 11.7. The molecule has 58 heavy (non-hydrogen) atoms. The van der Waals surface area contributed by atoms with Gasteiger partial charge in [0, 0.05) is 12.4 Å². The van der Waals surface area contributed by atoms with Gasteiger partial charge < -0.3 is 28.4 Å². The summed E-state index contributed by atoms with van der Waals surface area (Å²) in [5.74, 6) is -2.43. The molecule has 0 saturated heterocycles. The Morgan fingerprint density at radius 2 is 0.914 bits per heavy atom. The molecule has 0 aromatic carbocycles. The minimum atomic E-state index is -4.98. The summed E-state index contributed by atoms with van der Waals surface area (Å²) in [6.45, 7) is 0. The minimum Gasteiger partial charge on any atom is -0.481 e. The highest BCUT2D eigenvalue weighted by Crippen LogP contribution is 2.39. The molecule has 0 fully saturated rings. The summed E-state index contributed by atoms with van der Waals surface area (Å²) in [6.07, 6.45) is -8.40. The van der Waals surface area contributed by atoms with Crippen LogP contribution in [0.2, 0.25) is 0 Å². The first kappa shape index (κ1) is 42.4. The number of rotatable bonds is 12. The first-order valence-corrected chi connectivity index (χ1v) is 18.2. The summed E-state index contributed by atoms with van der Waals surface area (Å²) in [7, 11) is -2.40. The van der Waals surface area contributed by atoms with Crippen molar-refractivity contribution in [3.63, 3.8) is 0 Å². The van der Waals surface area contributed by atoms with E-state index in [0.29, 0.717) is 12.1 Å². The molecule has 6 heterocycles. The van der Waals surface area contributed by atoms with Crippen molar-refractivity contribution in [3.05, 3.63) is 47.8 Å². The maximum absolute atomic E-state index is 13.3. The first-order valence-electron chi connectivity index (χ1n) is 15.2. The number of aromatic nitrogens is 10. The van der Waals surface area contributed by atoms with E-state index >= 15 is 0 Å². The van der Waals surface area contributed by atoms with E-state index < -0.39 is 77.0 Å². The van der Waals surface area contributed by atoms with Crippen molar-refractivity contribution >= 4 is 43.5 Å². The lowest BCUT2D eigenvalue weighted by atomic mass is 10.2. The van der Waals surface area contributed by atoms with E-state index in [9.17, 15) is 43.2 Å². The molecular formula is C28H26F6N12O10S2. The van der Waals surface area contributed by atoms with Gasteiger partial charge in [0.15, 0.2) is 9.79 Å². The maximum Gasteiger partial charge on any atom is 0.418 e. The van der Waals surface area contributed by atoms with Gasteiger partial charge in [-0.05, 0) is 12.1 Å². The molecule has 0 atom stereocenters. The summed E-state index contributed by atoms with van der Waals surface area (Å²) in [4.78, 5) is 20.2. The van der Waals surface area contributed by atoms with Crippen LogP contribution < -0.4 is 37.9 Å². The van der Waals surface area contributed by atoms with E-state index in [4.69, 9.17) is 28.4 Å². The van der Waals surface area contributed by atoms with Crippen LogP contribution in [-0.4, -0.2) is 109 Å². The largest absolute Gasteiger partial charge is 0.481 e. The highest BCUT2D eigenvalue weighted by atomic mass is 32.2. The van der Waals surface area contributed by atoms with Gasteiger partial charge >= 0.3 is 12.4 Å². The lowest BCUT2D eigenvalue weighted by Crippen LogP contribution is -2.21. The highest BCUT2D eigenvalue weighted by Gasteiger charge is 2.42. The van der Waals surface area contributed by atoms with Gasteiger partial charge in [0.1, 0.15) is 0 Å². The number of alkyl halides is 6. The third kappa shape index (κ3) is 8.64. The molecule has 0 aliphatic rings. The van der Waals surface area contributed by atoms with Crippen LogP contribution in [0.5, 0.6) is 35.3 Å². The van der Waals surface area contributed by atoms with Gasteiger partial charge in [-0.15, -0.1) is 10.2 Å². The van der Waals surface area contributed by atoms with Gasteiger partial charge in [0.05, 0.1) is 65.9 Å². The number of sulfonamides is 2. The smallest absolute Gasteiger partial charge is 0.418 e. The molecule has 6 aromatic rings. The van der Waals surface area contributed by atoms with E-state index in [1.54, 1.807) is 0 Å². The number of anilines is 2.